The van der Waals surface area contributed by atoms with Gasteiger partial charge in [-0.1, -0.05) is 78.9 Å². The van der Waals surface area contributed by atoms with Crippen molar-refractivity contribution in [3.05, 3.63) is 114 Å². The van der Waals surface area contributed by atoms with Gasteiger partial charge in [0, 0.05) is 34.3 Å². The van der Waals surface area contributed by atoms with E-state index in [1.54, 1.807) is 6.20 Å². The largest absolute Gasteiger partial charge is 0.313 e. The fraction of sp³-hybridized carbons (Fsp3) is 0. The van der Waals surface area contributed by atoms with Gasteiger partial charge in [0.05, 0.1) is 16.6 Å². The van der Waals surface area contributed by atoms with Crippen LogP contribution in [0.25, 0.3) is 61.5 Å². The molecule has 6 nitrogen and oxygen atoms in total. The van der Waals surface area contributed by atoms with E-state index in [1.807, 2.05) is 95.5 Å². The van der Waals surface area contributed by atoms with Crippen molar-refractivity contribution in [2.24, 2.45) is 0 Å². The molecule has 3 aromatic carbocycles. The first-order valence-electron chi connectivity index (χ1n) is 11.3. The summed E-state index contributed by atoms with van der Waals surface area (Å²) >= 11 is 0. The first-order chi connectivity index (χ1) is 17.3. The van der Waals surface area contributed by atoms with E-state index in [-0.39, 0.29) is 5.43 Å². The zero-order valence-electron chi connectivity index (χ0n) is 18.5. The minimum atomic E-state index is -0.199. The van der Waals surface area contributed by atoms with Gasteiger partial charge in [-0.15, -0.1) is 0 Å². The molecule has 7 rings (SSSR count). The van der Waals surface area contributed by atoms with Crippen LogP contribution in [0.3, 0.4) is 0 Å². The molecule has 35 heavy (non-hydrogen) atoms. The van der Waals surface area contributed by atoms with Crippen LogP contribution in [0.15, 0.2) is 108 Å². The smallest absolute Gasteiger partial charge is 0.218 e. The summed E-state index contributed by atoms with van der Waals surface area (Å²) in [4.78, 5) is 32.4. The van der Waals surface area contributed by atoms with Gasteiger partial charge in [0.25, 0.3) is 0 Å². The minimum absolute atomic E-state index is 0.199. The van der Waals surface area contributed by atoms with Crippen molar-refractivity contribution in [3.8, 4) is 34.2 Å². The summed E-state index contributed by atoms with van der Waals surface area (Å²) in [6.07, 6.45) is 3.52. The number of rotatable bonds is 3. The zero-order valence-corrected chi connectivity index (χ0v) is 18.5. The lowest BCUT2D eigenvalue weighted by Gasteiger charge is -2.09. The van der Waals surface area contributed by atoms with Crippen molar-refractivity contribution in [3.63, 3.8) is 0 Å². The molecule has 0 amide bonds. The SMILES string of the molecule is O=c1c(-c2nc(-c3ccccc3)nc(-c3ccccc3)n2)cn2c3ccccc3c3ccnc1c32. The average Bonchev–Trinajstić information content (AvgIpc) is 3.26. The molecule has 0 fully saturated rings. The van der Waals surface area contributed by atoms with E-state index >= 15 is 0 Å². The van der Waals surface area contributed by atoms with Gasteiger partial charge >= 0.3 is 0 Å². The molecule has 0 aliphatic heterocycles. The molecule has 0 radical (unpaired) electrons. The predicted octanol–water partition coefficient (Wildman–Crippen LogP) is 5.62. The van der Waals surface area contributed by atoms with Crippen molar-refractivity contribution >= 4 is 27.3 Å². The summed E-state index contributed by atoms with van der Waals surface area (Å²) in [5.41, 5.74) is 4.10. The lowest BCUT2D eigenvalue weighted by atomic mass is 10.1. The molecular formula is C29H17N5O. The first kappa shape index (κ1) is 19.5. The molecule has 6 heteroatoms. The second kappa shape index (κ2) is 7.53. The standard InChI is InChI=1S/C29H17N5O/c35-26-22(17-34-23-14-8-7-13-20(23)21-15-16-30-24(26)25(21)34)29-32-27(18-9-3-1-4-10-18)31-28(33-29)19-11-5-2-6-12-19/h1-17H. The summed E-state index contributed by atoms with van der Waals surface area (Å²) in [6, 6.07) is 29.5. The van der Waals surface area contributed by atoms with Crippen LogP contribution in [0, 0.1) is 0 Å². The number of benzene rings is 3. The molecule has 0 spiro atoms. The number of para-hydroxylation sites is 1. The van der Waals surface area contributed by atoms with E-state index in [1.165, 1.54) is 0 Å². The highest BCUT2D eigenvalue weighted by atomic mass is 16.1. The average molecular weight is 451 g/mol. The molecule has 0 bridgehead atoms. The van der Waals surface area contributed by atoms with Gasteiger partial charge < -0.3 is 4.40 Å². The third kappa shape index (κ3) is 3.00. The fourth-order valence-electron chi connectivity index (χ4n) is 4.65. The minimum Gasteiger partial charge on any atom is -0.313 e. The molecule has 0 atom stereocenters. The summed E-state index contributed by atoms with van der Waals surface area (Å²) < 4.78 is 2.03. The molecule has 0 saturated heterocycles. The molecular weight excluding hydrogens is 434 g/mol. The van der Waals surface area contributed by atoms with Crippen molar-refractivity contribution in [2.75, 3.05) is 0 Å². The van der Waals surface area contributed by atoms with Gasteiger partial charge in [-0.3, -0.25) is 9.78 Å². The van der Waals surface area contributed by atoms with Crippen molar-refractivity contribution < 1.29 is 0 Å². The highest BCUT2D eigenvalue weighted by Gasteiger charge is 2.20. The third-order valence-corrected chi connectivity index (χ3v) is 6.28. The molecule has 4 aromatic heterocycles. The lowest BCUT2D eigenvalue weighted by molar-refractivity contribution is 1.07. The number of fused-ring (bicyclic) bond motifs is 3. The van der Waals surface area contributed by atoms with Crippen LogP contribution in [0.4, 0.5) is 0 Å². The Bertz CT molecular complexity index is 1860. The Hall–Kier alpha value is -4.97. The summed E-state index contributed by atoms with van der Waals surface area (Å²) in [5.74, 6) is 1.35. The van der Waals surface area contributed by atoms with Gasteiger partial charge in [-0.25, -0.2) is 15.0 Å². The topological polar surface area (TPSA) is 73.0 Å². The van der Waals surface area contributed by atoms with Crippen LogP contribution in [0.2, 0.25) is 0 Å². The van der Waals surface area contributed by atoms with E-state index in [2.05, 4.69) is 11.1 Å². The maximum absolute atomic E-state index is 13.7. The van der Waals surface area contributed by atoms with Crippen molar-refractivity contribution in [2.45, 2.75) is 0 Å². The summed E-state index contributed by atoms with van der Waals surface area (Å²) in [7, 11) is 0. The highest BCUT2D eigenvalue weighted by Crippen LogP contribution is 2.31. The molecule has 164 valence electrons. The normalized spacial score (nSPS) is 11.5. The second-order valence-electron chi connectivity index (χ2n) is 8.35. The Morgan fingerprint density at radius 2 is 1.20 bits per heavy atom. The van der Waals surface area contributed by atoms with Gasteiger partial charge in [0.1, 0.15) is 5.52 Å². The van der Waals surface area contributed by atoms with Crippen LogP contribution in [0.1, 0.15) is 0 Å². The Morgan fingerprint density at radius 1 is 0.600 bits per heavy atom. The Balaban J connectivity index is 1.57. The fourth-order valence-corrected chi connectivity index (χ4v) is 4.65. The van der Waals surface area contributed by atoms with E-state index in [0.717, 1.165) is 32.9 Å². The third-order valence-electron chi connectivity index (χ3n) is 6.28. The monoisotopic (exact) mass is 451 g/mol. The van der Waals surface area contributed by atoms with Gasteiger partial charge in [0.2, 0.25) is 5.43 Å². The first-order valence-corrected chi connectivity index (χ1v) is 11.3. The number of pyridine rings is 2. The van der Waals surface area contributed by atoms with E-state index in [0.29, 0.717) is 28.6 Å². The molecule has 7 aromatic rings. The molecule has 0 saturated carbocycles. The van der Waals surface area contributed by atoms with Crippen molar-refractivity contribution in [1.29, 1.82) is 0 Å². The zero-order chi connectivity index (χ0) is 23.4. The Kier molecular flexibility index (Phi) is 4.20. The van der Waals surface area contributed by atoms with E-state index in [4.69, 9.17) is 15.0 Å². The van der Waals surface area contributed by atoms with Gasteiger partial charge in [0.15, 0.2) is 17.5 Å². The maximum Gasteiger partial charge on any atom is 0.218 e. The number of aromatic nitrogens is 5. The van der Waals surface area contributed by atoms with E-state index in [9.17, 15) is 4.79 Å². The van der Waals surface area contributed by atoms with Crippen LogP contribution < -0.4 is 5.43 Å². The predicted molar refractivity (Wildman–Crippen MR) is 137 cm³/mol. The molecule has 0 unspecified atom stereocenters. The van der Waals surface area contributed by atoms with Gasteiger partial charge in [-0.2, -0.15) is 0 Å². The van der Waals surface area contributed by atoms with Crippen molar-refractivity contribution in [1.82, 2.24) is 24.3 Å². The molecule has 0 aliphatic carbocycles. The number of hydrogen-bond donors (Lipinski definition) is 0. The molecule has 0 aliphatic rings. The quantitative estimate of drug-likeness (QED) is 0.348. The number of hydrogen-bond acceptors (Lipinski definition) is 5. The highest BCUT2D eigenvalue weighted by molar-refractivity contribution is 6.13. The number of nitrogens with zero attached hydrogens (tertiary/aromatic N) is 5. The Morgan fingerprint density at radius 3 is 1.89 bits per heavy atom. The molecule has 4 heterocycles. The van der Waals surface area contributed by atoms with E-state index < -0.39 is 0 Å². The summed E-state index contributed by atoms with van der Waals surface area (Å²) in [6.45, 7) is 0. The van der Waals surface area contributed by atoms with Crippen LogP contribution >= 0.6 is 0 Å². The van der Waals surface area contributed by atoms with Crippen LogP contribution in [-0.2, 0) is 0 Å². The van der Waals surface area contributed by atoms with Crippen LogP contribution in [0.5, 0.6) is 0 Å². The maximum atomic E-state index is 13.7. The molecule has 0 N–H and O–H groups in total. The van der Waals surface area contributed by atoms with Crippen LogP contribution in [-0.4, -0.2) is 24.3 Å². The second-order valence-corrected chi connectivity index (χ2v) is 8.35. The summed E-state index contributed by atoms with van der Waals surface area (Å²) in [5, 5.41) is 2.07. The Labute approximate surface area is 199 Å². The lowest BCUT2D eigenvalue weighted by Crippen LogP contribution is -2.12. The van der Waals surface area contributed by atoms with Gasteiger partial charge in [-0.05, 0) is 12.1 Å².